The summed E-state index contributed by atoms with van der Waals surface area (Å²) >= 11 is 0. The van der Waals surface area contributed by atoms with E-state index in [1.165, 1.54) is 0 Å². The summed E-state index contributed by atoms with van der Waals surface area (Å²) in [6.45, 7) is 4.62. The van der Waals surface area contributed by atoms with Crippen LogP contribution in [-0.2, 0) is 9.47 Å². The largest absolute Gasteiger partial charge is 0.489 e. The SMILES string of the molecule is CCOCCOCCOc1cc(N)cc(N)c1N. The van der Waals surface area contributed by atoms with Gasteiger partial charge in [-0.05, 0) is 13.0 Å². The lowest BCUT2D eigenvalue weighted by atomic mass is 10.2. The fraction of sp³-hybridized carbons (Fsp3) is 0.500. The van der Waals surface area contributed by atoms with Gasteiger partial charge in [0.15, 0.2) is 0 Å². The Labute approximate surface area is 107 Å². The van der Waals surface area contributed by atoms with E-state index in [0.717, 1.165) is 0 Å². The quantitative estimate of drug-likeness (QED) is 0.470. The summed E-state index contributed by atoms with van der Waals surface area (Å²) in [5.41, 5.74) is 18.4. The van der Waals surface area contributed by atoms with Crippen molar-refractivity contribution in [2.75, 3.05) is 50.2 Å². The maximum atomic E-state index is 5.77. The van der Waals surface area contributed by atoms with Crippen LogP contribution < -0.4 is 21.9 Å². The topological polar surface area (TPSA) is 106 Å². The van der Waals surface area contributed by atoms with E-state index in [9.17, 15) is 0 Å². The fourth-order valence-corrected chi connectivity index (χ4v) is 1.36. The van der Waals surface area contributed by atoms with E-state index < -0.39 is 0 Å². The Bertz CT molecular complexity index is 372. The Morgan fingerprint density at radius 2 is 1.61 bits per heavy atom. The van der Waals surface area contributed by atoms with Crippen LogP contribution in [0.4, 0.5) is 17.1 Å². The lowest BCUT2D eigenvalue weighted by molar-refractivity contribution is 0.0406. The molecule has 1 aromatic carbocycles. The number of hydrogen-bond acceptors (Lipinski definition) is 6. The molecule has 0 spiro atoms. The summed E-state index contributed by atoms with van der Waals surface area (Å²) in [6, 6.07) is 3.24. The van der Waals surface area contributed by atoms with E-state index in [1.54, 1.807) is 12.1 Å². The highest BCUT2D eigenvalue weighted by Crippen LogP contribution is 2.30. The van der Waals surface area contributed by atoms with Crippen LogP contribution in [0.1, 0.15) is 6.92 Å². The third-order valence-corrected chi connectivity index (χ3v) is 2.26. The minimum Gasteiger partial charge on any atom is -0.489 e. The van der Waals surface area contributed by atoms with Crippen LogP contribution >= 0.6 is 0 Å². The summed E-state index contributed by atoms with van der Waals surface area (Å²) in [4.78, 5) is 0. The molecule has 102 valence electrons. The standard InChI is InChI=1S/C12H21N3O3/c1-2-16-3-4-17-5-6-18-11-8-9(13)7-10(14)12(11)15/h7-8H,2-6,13-15H2,1H3. The molecule has 0 unspecified atom stereocenters. The molecule has 0 atom stereocenters. The lowest BCUT2D eigenvalue weighted by Crippen LogP contribution is -2.12. The van der Waals surface area contributed by atoms with Crippen molar-refractivity contribution in [3.63, 3.8) is 0 Å². The number of rotatable bonds is 8. The first-order valence-electron chi connectivity index (χ1n) is 5.88. The highest BCUT2D eigenvalue weighted by Gasteiger charge is 2.05. The predicted octanol–water partition coefficient (Wildman–Crippen LogP) is 0.865. The lowest BCUT2D eigenvalue weighted by Gasteiger charge is -2.11. The van der Waals surface area contributed by atoms with Gasteiger partial charge in [0.25, 0.3) is 0 Å². The Kier molecular flexibility index (Phi) is 6.10. The second-order valence-corrected chi connectivity index (χ2v) is 3.68. The Morgan fingerprint density at radius 1 is 0.944 bits per heavy atom. The number of nitrogens with two attached hydrogens (primary N) is 3. The van der Waals surface area contributed by atoms with Crippen LogP contribution in [0.15, 0.2) is 12.1 Å². The normalized spacial score (nSPS) is 10.5. The van der Waals surface area contributed by atoms with Gasteiger partial charge < -0.3 is 31.4 Å². The summed E-state index contributed by atoms with van der Waals surface area (Å²) < 4.78 is 15.9. The van der Waals surface area contributed by atoms with Crippen LogP contribution in [-0.4, -0.2) is 33.0 Å². The van der Waals surface area contributed by atoms with E-state index in [4.69, 9.17) is 31.4 Å². The summed E-state index contributed by atoms with van der Waals surface area (Å²) in [6.07, 6.45) is 0. The molecule has 0 amide bonds. The van der Waals surface area contributed by atoms with Crippen molar-refractivity contribution in [3.8, 4) is 5.75 Å². The summed E-state index contributed by atoms with van der Waals surface area (Å²) in [5.74, 6) is 0.487. The highest BCUT2D eigenvalue weighted by molar-refractivity contribution is 5.75. The van der Waals surface area contributed by atoms with Crippen molar-refractivity contribution >= 4 is 17.1 Å². The van der Waals surface area contributed by atoms with Gasteiger partial charge in [-0.2, -0.15) is 0 Å². The Morgan fingerprint density at radius 3 is 2.33 bits per heavy atom. The predicted molar refractivity (Wildman–Crippen MR) is 72.5 cm³/mol. The minimum absolute atomic E-state index is 0.388. The summed E-state index contributed by atoms with van der Waals surface area (Å²) in [5, 5.41) is 0. The van der Waals surface area contributed by atoms with Gasteiger partial charge in [-0.25, -0.2) is 0 Å². The van der Waals surface area contributed by atoms with Gasteiger partial charge in [0.05, 0.1) is 31.2 Å². The van der Waals surface area contributed by atoms with Crippen molar-refractivity contribution in [1.82, 2.24) is 0 Å². The fourth-order valence-electron chi connectivity index (χ4n) is 1.36. The molecule has 0 bridgehead atoms. The number of anilines is 3. The third kappa shape index (κ3) is 4.68. The van der Waals surface area contributed by atoms with Gasteiger partial charge in [0.2, 0.25) is 0 Å². The van der Waals surface area contributed by atoms with Gasteiger partial charge >= 0.3 is 0 Å². The molecule has 6 heteroatoms. The third-order valence-electron chi connectivity index (χ3n) is 2.26. The molecule has 0 saturated carbocycles. The van der Waals surface area contributed by atoms with E-state index in [1.807, 2.05) is 6.92 Å². The van der Waals surface area contributed by atoms with Crippen molar-refractivity contribution in [3.05, 3.63) is 12.1 Å². The monoisotopic (exact) mass is 255 g/mol. The molecule has 1 rings (SSSR count). The second kappa shape index (κ2) is 7.62. The molecule has 18 heavy (non-hydrogen) atoms. The van der Waals surface area contributed by atoms with Crippen LogP contribution in [0.5, 0.6) is 5.75 Å². The first kappa shape index (κ1) is 14.4. The average molecular weight is 255 g/mol. The highest BCUT2D eigenvalue weighted by atomic mass is 16.5. The van der Waals surface area contributed by atoms with E-state index >= 15 is 0 Å². The first-order valence-corrected chi connectivity index (χ1v) is 5.88. The molecule has 0 heterocycles. The van der Waals surface area contributed by atoms with Gasteiger partial charge in [-0.15, -0.1) is 0 Å². The van der Waals surface area contributed by atoms with Crippen LogP contribution in [0.3, 0.4) is 0 Å². The Balaban J connectivity index is 2.27. The maximum Gasteiger partial charge on any atom is 0.146 e. The number of ether oxygens (including phenoxy) is 3. The maximum absolute atomic E-state index is 5.77. The molecule has 0 aliphatic carbocycles. The van der Waals surface area contributed by atoms with Gasteiger partial charge in [0, 0.05) is 18.4 Å². The van der Waals surface area contributed by atoms with E-state index in [2.05, 4.69) is 0 Å². The van der Waals surface area contributed by atoms with Crippen molar-refractivity contribution < 1.29 is 14.2 Å². The second-order valence-electron chi connectivity index (χ2n) is 3.68. The zero-order valence-corrected chi connectivity index (χ0v) is 10.6. The molecule has 0 aromatic heterocycles. The first-order chi connectivity index (χ1) is 8.65. The van der Waals surface area contributed by atoms with Crippen molar-refractivity contribution in [2.24, 2.45) is 0 Å². The minimum atomic E-state index is 0.388. The Hall–Kier alpha value is -1.66. The molecule has 6 N–H and O–H groups in total. The zero-order valence-electron chi connectivity index (χ0n) is 10.6. The van der Waals surface area contributed by atoms with Gasteiger partial charge in [-0.3, -0.25) is 0 Å². The van der Waals surface area contributed by atoms with Crippen LogP contribution in [0.25, 0.3) is 0 Å². The zero-order chi connectivity index (χ0) is 13.4. The molecular weight excluding hydrogens is 234 g/mol. The molecule has 0 saturated heterocycles. The van der Waals surface area contributed by atoms with Crippen molar-refractivity contribution in [2.45, 2.75) is 6.92 Å². The van der Waals surface area contributed by atoms with Crippen LogP contribution in [0, 0.1) is 0 Å². The number of hydrogen-bond donors (Lipinski definition) is 3. The number of benzene rings is 1. The molecule has 6 nitrogen and oxygen atoms in total. The average Bonchev–Trinajstić information content (AvgIpc) is 2.33. The summed E-state index contributed by atoms with van der Waals surface area (Å²) in [7, 11) is 0. The van der Waals surface area contributed by atoms with Gasteiger partial charge in [0.1, 0.15) is 12.4 Å². The molecule has 1 aromatic rings. The molecular formula is C12H21N3O3. The van der Waals surface area contributed by atoms with Crippen LogP contribution in [0.2, 0.25) is 0 Å². The molecule has 0 aliphatic rings. The van der Waals surface area contributed by atoms with E-state index in [-0.39, 0.29) is 0 Å². The van der Waals surface area contributed by atoms with E-state index in [0.29, 0.717) is 55.8 Å². The molecule has 0 fully saturated rings. The number of nitrogen functional groups attached to an aromatic ring is 3. The van der Waals surface area contributed by atoms with Gasteiger partial charge in [-0.1, -0.05) is 0 Å². The molecule has 0 radical (unpaired) electrons. The smallest absolute Gasteiger partial charge is 0.146 e. The molecule has 0 aliphatic heterocycles. The van der Waals surface area contributed by atoms with Crippen molar-refractivity contribution in [1.29, 1.82) is 0 Å².